The van der Waals surface area contributed by atoms with Gasteiger partial charge in [-0.15, -0.1) is 11.3 Å². The van der Waals surface area contributed by atoms with Crippen LogP contribution in [0.5, 0.6) is 0 Å². The van der Waals surface area contributed by atoms with E-state index in [1.54, 1.807) is 0 Å². The number of carbonyl (C=O) groups is 1. The molecular formula is C16H13ClFN3O2S. The Hall–Kier alpha value is -2.25. The second kappa shape index (κ2) is 6.33. The molecule has 2 aromatic heterocycles. The van der Waals surface area contributed by atoms with Crippen molar-refractivity contribution in [1.29, 1.82) is 0 Å². The number of nitrogens with one attached hydrogen (secondary N) is 1. The molecule has 0 aliphatic rings. The highest BCUT2D eigenvalue weighted by Gasteiger charge is 2.14. The number of amides is 1. The topological polar surface area (TPSA) is 64.0 Å². The van der Waals surface area contributed by atoms with E-state index in [1.165, 1.54) is 34.4 Å². The fourth-order valence-corrected chi connectivity index (χ4v) is 3.46. The summed E-state index contributed by atoms with van der Waals surface area (Å²) in [5, 5.41) is 3.18. The van der Waals surface area contributed by atoms with Gasteiger partial charge in [-0.3, -0.25) is 14.2 Å². The Bertz CT molecular complexity index is 1010. The zero-order chi connectivity index (χ0) is 17.4. The summed E-state index contributed by atoms with van der Waals surface area (Å²) in [6.07, 6.45) is 1.33. The minimum Gasteiger partial charge on any atom is -0.322 e. The van der Waals surface area contributed by atoms with E-state index in [0.29, 0.717) is 10.2 Å². The third-order valence-corrected chi connectivity index (χ3v) is 5.03. The Morgan fingerprint density at radius 3 is 2.88 bits per heavy atom. The second-order valence-electron chi connectivity index (χ2n) is 5.31. The zero-order valence-corrected chi connectivity index (χ0v) is 14.5. The molecule has 5 nitrogen and oxygen atoms in total. The predicted molar refractivity (Wildman–Crippen MR) is 93.4 cm³/mol. The molecule has 8 heteroatoms. The van der Waals surface area contributed by atoms with Crippen LogP contribution in [-0.4, -0.2) is 15.5 Å². The number of hydrogen-bond donors (Lipinski definition) is 1. The van der Waals surface area contributed by atoms with E-state index in [2.05, 4.69) is 10.3 Å². The number of benzene rings is 1. The van der Waals surface area contributed by atoms with Crippen LogP contribution >= 0.6 is 22.9 Å². The molecule has 0 radical (unpaired) electrons. The monoisotopic (exact) mass is 365 g/mol. The van der Waals surface area contributed by atoms with Crippen molar-refractivity contribution in [2.45, 2.75) is 20.4 Å². The van der Waals surface area contributed by atoms with Crippen molar-refractivity contribution in [3.05, 3.63) is 56.2 Å². The number of rotatable bonds is 3. The molecule has 0 saturated carbocycles. The molecule has 2 heterocycles. The van der Waals surface area contributed by atoms with Crippen molar-refractivity contribution in [2.75, 3.05) is 5.32 Å². The van der Waals surface area contributed by atoms with Gasteiger partial charge >= 0.3 is 0 Å². The summed E-state index contributed by atoms with van der Waals surface area (Å²) in [6.45, 7) is 3.52. The Morgan fingerprint density at radius 2 is 2.17 bits per heavy atom. The van der Waals surface area contributed by atoms with E-state index in [4.69, 9.17) is 11.6 Å². The van der Waals surface area contributed by atoms with Crippen LogP contribution in [0.3, 0.4) is 0 Å². The highest BCUT2D eigenvalue weighted by atomic mass is 35.5. The number of aryl methyl sites for hydroxylation is 2. The maximum absolute atomic E-state index is 13.7. The van der Waals surface area contributed by atoms with Crippen LogP contribution in [0.2, 0.25) is 5.02 Å². The molecule has 1 aromatic carbocycles. The van der Waals surface area contributed by atoms with Gasteiger partial charge in [-0.2, -0.15) is 0 Å². The number of nitrogens with zero attached hydrogens (tertiary/aromatic N) is 2. The first-order valence-corrected chi connectivity index (χ1v) is 8.26. The Morgan fingerprint density at radius 1 is 1.42 bits per heavy atom. The van der Waals surface area contributed by atoms with Crippen LogP contribution in [0.25, 0.3) is 10.2 Å². The van der Waals surface area contributed by atoms with Crippen molar-refractivity contribution < 1.29 is 9.18 Å². The highest BCUT2D eigenvalue weighted by Crippen LogP contribution is 2.25. The number of hydrogen-bond acceptors (Lipinski definition) is 4. The third kappa shape index (κ3) is 3.05. The minimum absolute atomic E-state index is 0.00837. The van der Waals surface area contributed by atoms with Gasteiger partial charge in [0.15, 0.2) is 0 Å². The highest BCUT2D eigenvalue weighted by molar-refractivity contribution is 7.18. The first-order chi connectivity index (χ1) is 11.4. The molecule has 0 aliphatic carbocycles. The summed E-state index contributed by atoms with van der Waals surface area (Å²) in [6, 6.07) is 3.94. The molecule has 0 bridgehead atoms. The lowest BCUT2D eigenvalue weighted by Gasteiger charge is -2.08. The van der Waals surface area contributed by atoms with Gasteiger partial charge in [0.2, 0.25) is 5.91 Å². The summed E-state index contributed by atoms with van der Waals surface area (Å²) >= 11 is 7.11. The number of halogens is 2. The van der Waals surface area contributed by atoms with E-state index in [1.807, 2.05) is 13.8 Å². The predicted octanol–water partition coefficient (Wildman–Crippen LogP) is 3.51. The molecule has 0 saturated heterocycles. The SMILES string of the molecule is Cc1sc2ncn(CC(=O)Nc3ccc(Cl)cc3F)c(=O)c2c1C. The molecule has 124 valence electrons. The van der Waals surface area contributed by atoms with Gasteiger partial charge in [0.25, 0.3) is 5.56 Å². The quantitative estimate of drug-likeness (QED) is 0.772. The van der Waals surface area contributed by atoms with Gasteiger partial charge in [0, 0.05) is 9.90 Å². The fourth-order valence-electron chi connectivity index (χ4n) is 2.32. The van der Waals surface area contributed by atoms with Crippen LogP contribution in [0.4, 0.5) is 10.1 Å². The van der Waals surface area contributed by atoms with Gasteiger partial charge in [0.05, 0.1) is 17.4 Å². The minimum atomic E-state index is -0.638. The van der Waals surface area contributed by atoms with Crippen LogP contribution in [-0.2, 0) is 11.3 Å². The molecule has 0 atom stereocenters. The number of carbonyl (C=O) groups excluding carboxylic acids is 1. The Labute approximate surface area is 145 Å². The van der Waals surface area contributed by atoms with Crippen LogP contribution in [0.15, 0.2) is 29.3 Å². The van der Waals surface area contributed by atoms with Crippen molar-refractivity contribution >= 4 is 44.7 Å². The van der Waals surface area contributed by atoms with Gasteiger partial charge in [-0.25, -0.2) is 9.37 Å². The van der Waals surface area contributed by atoms with E-state index < -0.39 is 11.7 Å². The normalized spacial score (nSPS) is 11.0. The Balaban J connectivity index is 1.87. The number of fused-ring (bicyclic) bond motifs is 1. The molecule has 24 heavy (non-hydrogen) atoms. The number of anilines is 1. The van der Waals surface area contributed by atoms with Gasteiger partial charge in [0.1, 0.15) is 17.2 Å². The van der Waals surface area contributed by atoms with E-state index in [9.17, 15) is 14.0 Å². The molecule has 0 spiro atoms. The first-order valence-electron chi connectivity index (χ1n) is 7.07. The summed E-state index contributed by atoms with van der Waals surface area (Å²) in [5.74, 6) is -1.16. The average Bonchev–Trinajstić information content (AvgIpc) is 2.81. The molecule has 0 aliphatic heterocycles. The standard InChI is InChI=1S/C16H13ClFN3O2S/c1-8-9(2)24-15-14(8)16(23)21(7-19-15)6-13(22)20-12-4-3-10(17)5-11(12)18/h3-5,7H,6H2,1-2H3,(H,20,22). The van der Waals surface area contributed by atoms with E-state index in [-0.39, 0.29) is 22.8 Å². The van der Waals surface area contributed by atoms with Crippen molar-refractivity contribution in [3.8, 4) is 0 Å². The lowest BCUT2D eigenvalue weighted by atomic mass is 10.2. The first kappa shape index (κ1) is 16.6. The van der Waals surface area contributed by atoms with Crippen molar-refractivity contribution in [2.24, 2.45) is 0 Å². The van der Waals surface area contributed by atoms with Crippen LogP contribution < -0.4 is 10.9 Å². The third-order valence-electron chi connectivity index (χ3n) is 3.67. The lowest BCUT2D eigenvalue weighted by molar-refractivity contribution is -0.116. The van der Waals surface area contributed by atoms with Gasteiger partial charge < -0.3 is 5.32 Å². The molecule has 0 unspecified atom stereocenters. The van der Waals surface area contributed by atoms with Crippen LogP contribution in [0, 0.1) is 19.7 Å². The second-order valence-corrected chi connectivity index (χ2v) is 6.95. The average molecular weight is 366 g/mol. The fraction of sp³-hybridized carbons (Fsp3) is 0.188. The summed E-state index contributed by atoms with van der Waals surface area (Å²) < 4.78 is 14.9. The largest absolute Gasteiger partial charge is 0.322 e. The van der Waals surface area contributed by atoms with Crippen molar-refractivity contribution in [3.63, 3.8) is 0 Å². The molecule has 1 amide bonds. The molecule has 0 fully saturated rings. The van der Waals surface area contributed by atoms with Crippen LogP contribution in [0.1, 0.15) is 10.4 Å². The smallest absolute Gasteiger partial charge is 0.262 e. The number of thiophene rings is 1. The lowest BCUT2D eigenvalue weighted by Crippen LogP contribution is -2.28. The Kier molecular flexibility index (Phi) is 4.38. The maximum Gasteiger partial charge on any atom is 0.262 e. The molecule has 1 N–H and O–H groups in total. The van der Waals surface area contributed by atoms with Gasteiger partial charge in [-0.1, -0.05) is 11.6 Å². The van der Waals surface area contributed by atoms with Gasteiger partial charge in [-0.05, 0) is 37.6 Å². The van der Waals surface area contributed by atoms with E-state index in [0.717, 1.165) is 16.5 Å². The summed E-state index contributed by atoms with van der Waals surface area (Å²) in [5.41, 5.74) is 0.591. The summed E-state index contributed by atoms with van der Waals surface area (Å²) in [7, 11) is 0. The zero-order valence-electron chi connectivity index (χ0n) is 12.9. The molecule has 3 aromatic rings. The maximum atomic E-state index is 13.7. The summed E-state index contributed by atoms with van der Waals surface area (Å²) in [4.78, 5) is 30.5. The number of aromatic nitrogens is 2. The van der Waals surface area contributed by atoms with E-state index >= 15 is 0 Å². The van der Waals surface area contributed by atoms with Crippen molar-refractivity contribution in [1.82, 2.24) is 9.55 Å². The molecular weight excluding hydrogens is 353 g/mol. The molecule has 3 rings (SSSR count).